The number of morpholine rings is 1. The first-order valence-electron chi connectivity index (χ1n) is 13.4. The fourth-order valence-electron chi connectivity index (χ4n) is 5.58. The van der Waals surface area contributed by atoms with Crippen LogP contribution < -0.4 is 9.62 Å². The summed E-state index contributed by atoms with van der Waals surface area (Å²) in [4.78, 5) is 5.62. The number of sulfone groups is 1. The second kappa shape index (κ2) is 11.7. The van der Waals surface area contributed by atoms with Gasteiger partial charge in [0.15, 0.2) is 9.84 Å². The molecule has 0 atom stereocenters. The first kappa shape index (κ1) is 31.3. The Kier molecular flexibility index (Phi) is 8.55. The molecule has 1 saturated carbocycles. The van der Waals surface area contributed by atoms with Crippen LogP contribution in [-0.4, -0.2) is 54.2 Å². The lowest BCUT2D eigenvalue weighted by Crippen LogP contribution is -2.46. The van der Waals surface area contributed by atoms with Gasteiger partial charge in [0.2, 0.25) is 10.0 Å². The van der Waals surface area contributed by atoms with Gasteiger partial charge in [0, 0.05) is 30.9 Å². The van der Waals surface area contributed by atoms with Crippen LogP contribution in [0.1, 0.15) is 36.8 Å². The van der Waals surface area contributed by atoms with Crippen molar-refractivity contribution in [3.8, 4) is 0 Å². The molecular formula is C28H28F5N3O5S2. The van der Waals surface area contributed by atoms with E-state index in [1.165, 1.54) is 12.3 Å². The van der Waals surface area contributed by atoms with Crippen molar-refractivity contribution < 1.29 is 43.5 Å². The van der Waals surface area contributed by atoms with E-state index < -0.39 is 64.5 Å². The minimum absolute atomic E-state index is 0.0751. The first-order valence-corrected chi connectivity index (χ1v) is 16.4. The molecule has 43 heavy (non-hydrogen) atoms. The predicted octanol–water partition coefficient (Wildman–Crippen LogP) is 4.81. The van der Waals surface area contributed by atoms with Crippen LogP contribution in [0.25, 0.3) is 0 Å². The van der Waals surface area contributed by atoms with E-state index in [1.54, 1.807) is 6.07 Å². The third-order valence-corrected chi connectivity index (χ3v) is 12.0. The normalized spacial score (nSPS) is 22.0. The van der Waals surface area contributed by atoms with Gasteiger partial charge >= 0.3 is 6.18 Å². The molecular weight excluding hydrogens is 617 g/mol. The average Bonchev–Trinajstić information content (AvgIpc) is 2.99. The van der Waals surface area contributed by atoms with E-state index in [4.69, 9.17) is 4.74 Å². The molecule has 1 saturated heterocycles. The van der Waals surface area contributed by atoms with Gasteiger partial charge in [0.05, 0.1) is 23.7 Å². The Morgan fingerprint density at radius 2 is 1.51 bits per heavy atom. The molecule has 1 aliphatic carbocycles. The van der Waals surface area contributed by atoms with Gasteiger partial charge in [-0.25, -0.2) is 35.3 Å². The van der Waals surface area contributed by atoms with E-state index in [0.717, 1.165) is 30.3 Å². The van der Waals surface area contributed by atoms with Crippen molar-refractivity contribution in [1.29, 1.82) is 0 Å². The minimum Gasteiger partial charge on any atom is -0.378 e. The Hall–Kier alpha value is -3.14. The number of alkyl halides is 3. The average molecular weight is 646 g/mol. The third-order valence-electron chi connectivity index (χ3n) is 7.91. The molecule has 0 amide bonds. The summed E-state index contributed by atoms with van der Waals surface area (Å²) in [6.45, 7) is 2.28. The second-order valence-corrected chi connectivity index (χ2v) is 14.5. The maximum Gasteiger partial charge on any atom is 0.416 e. The molecule has 2 aliphatic rings. The molecule has 3 aromatic rings. The molecule has 1 aromatic heterocycles. The molecule has 2 aromatic carbocycles. The maximum absolute atomic E-state index is 15.1. The maximum atomic E-state index is 15.1. The fraction of sp³-hybridized carbons (Fsp3) is 0.393. The van der Waals surface area contributed by atoms with E-state index in [-0.39, 0.29) is 30.6 Å². The van der Waals surface area contributed by atoms with Gasteiger partial charge in [-0.1, -0.05) is 0 Å². The summed E-state index contributed by atoms with van der Waals surface area (Å²) in [6.07, 6.45) is -4.28. The summed E-state index contributed by atoms with van der Waals surface area (Å²) < 4.78 is 129. The molecule has 232 valence electrons. The molecule has 5 rings (SSSR count). The van der Waals surface area contributed by atoms with Gasteiger partial charge in [-0.3, -0.25) is 0 Å². The number of ether oxygens (including phenoxy) is 1. The van der Waals surface area contributed by atoms with Gasteiger partial charge in [0.25, 0.3) is 0 Å². The van der Waals surface area contributed by atoms with Crippen molar-refractivity contribution in [2.24, 2.45) is 0 Å². The van der Waals surface area contributed by atoms with Crippen molar-refractivity contribution in [1.82, 2.24) is 9.71 Å². The predicted molar refractivity (Wildman–Crippen MR) is 147 cm³/mol. The Labute approximate surface area is 245 Å². The quantitative estimate of drug-likeness (QED) is 0.368. The number of nitrogens with zero attached hydrogens (tertiary/aromatic N) is 2. The summed E-state index contributed by atoms with van der Waals surface area (Å²) in [7, 11) is -8.66. The number of hydrogen-bond donors (Lipinski definition) is 1. The lowest BCUT2D eigenvalue weighted by atomic mass is 9.80. The summed E-state index contributed by atoms with van der Waals surface area (Å²) in [5.74, 6) is -1.30. The Morgan fingerprint density at radius 1 is 0.884 bits per heavy atom. The summed E-state index contributed by atoms with van der Waals surface area (Å²) >= 11 is 0. The molecule has 15 heteroatoms. The van der Waals surface area contributed by atoms with E-state index in [2.05, 4.69) is 9.71 Å². The standard InChI is InChI=1S/C28H28F5N3O5S2/c29-20-3-7-25(30)24(17-20)27(42(37,38)22-4-1-19(2-5-22)28(31,32)33)11-9-21(10-12-27)35-43(39,40)23-6-8-26(34-18-23)36-13-15-41-16-14-36/h1-8,17-18,21,35H,9-16H2. The highest BCUT2D eigenvalue weighted by atomic mass is 32.2. The van der Waals surface area contributed by atoms with Gasteiger partial charge in [-0.15, -0.1) is 0 Å². The van der Waals surface area contributed by atoms with E-state index in [0.29, 0.717) is 44.3 Å². The van der Waals surface area contributed by atoms with Gasteiger partial charge < -0.3 is 9.64 Å². The first-order chi connectivity index (χ1) is 20.2. The number of sulfonamides is 1. The zero-order chi connectivity index (χ0) is 31.0. The SMILES string of the molecule is O=S(=O)(NC1CCC(c2cc(F)ccc2F)(S(=O)(=O)c2ccc(C(F)(F)F)cc2)CC1)c1ccc(N2CCOCC2)nc1. The van der Waals surface area contributed by atoms with Crippen molar-refractivity contribution in [2.75, 3.05) is 31.2 Å². The Bertz CT molecular complexity index is 1670. The van der Waals surface area contributed by atoms with Crippen LogP contribution in [0.5, 0.6) is 0 Å². The number of benzene rings is 2. The third kappa shape index (κ3) is 6.26. The van der Waals surface area contributed by atoms with E-state index >= 15 is 4.39 Å². The lowest BCUT2D eigenvalue weighted by molar-refractivity contribution is -0.137. The Balaban J connectivity index is 1.40. The van der Waals surface area contributed by atoms with Crippen molar-refractivity contribution >= 4 is 25.7 Å². The largest absolute Gasteiger partial charge is 0.416 e. The highest BCUT2D eigenvalue weighted by molar-refractivity contribution is 7.92. The number of nitrogens with one attached hydrogen (secondary N) is 1. The summed E-state index contributed by atoms with van der Waals surface area (Å²) in [5, 5.41) is 0. The molecule has 1 N–H and O–H groups in total. The fourth-order valence-corrected chi connectivity index (χ4v) is 8.99. The summed E-state index contributed by atoms with van der Waals surface area (Å²) in [6, 6.07) is 7.42. The topological polar surface area (TPSA) is 106 Å². The molecule has 0 spiro atoms. The number of rotatable bonds is 7. The number of halogens is 5. The molecule has 2 fully saturated rings. The monoisotopic (exact) mass is 645 g/mol. The van der Waals surface area contributed by atoms with E-state index in [1.807, 2.05) is 4.90 Å². The number of pyridine rings is 1. The molecule has 2 heterocycles. The van der Waals surface area contributed by atoms with Crippen LogP contribution in [0.3, 0.4) is 0 Å². The van der Waals surface area contributed by atoms with Crippen molar-refractivity contribution in [2.45, 2.75) is 52.4 Å². The number of hydrogen-bond acceptors (Lipinski definition) is 7. The number of aromatic nitrogens is 1. The van der Waals surface area contributed by atoms with Gasteiger partial charge in [-0.05, 0) is 80.3 Å². The number of anilines is 1. The van der Waals surface area contributed by atoms with Gasteiger partial charge in [-0.2, -0.15) is 13.2 Å². The second-order valence-electron chi connectivity index (χ2n) is 10.5. The minimum atomic E-state index is -4.71. The molecule has 8 nitrogen and oxygen atoms in total. The van der Waals surface area contributed by atoms with E-state index in [9.17, 15) is 34.4 Å². The van der Waals surface area contributed by atoms with Crippen molar-refractivity contribution in [3.05, 3.63) is 83.6 Å². The molecule has 0 unspecified atom stereocenters. The highest BCUT2D eigenvalue weighted by Gasteiger charge is 2.50. The van der Waals surface area contributed by atoms with Crippen LogP contribution in [-0.2, 0) is 35.5 Å². The van der Waals surface area contributed by atoms with Crippen LogP contribution in [0.2, 0.25) is 0 Å². The van der Waals surface area contributed by atoms with Gasteiger partial charge in [0.1, 0.15) is 27.1 Å². The molecule has 0 radical (unpaired) electrons. The summed E-state index contributed by atoms with van der Waals surface area (Å²) in [5.41, 5.74) is -1.53. The van der Waals surface area contributed by atoms with Crippen LogP contribution in [0.4, 0.5) is 27.8 Å². The van der Waals surface area contributed by atoms with Crippen LogP contribution in [0.15, 0.2) is 70.6 Å². The Morgan fingerprint density at radius 3 is 2.09 bits per heavy atom. The zero-order valence-electron chi connectivity index (χ0n) is 22.6. The highest BCUT2D eigenvalue weighted by Crippen LogP contribution is 2.48. The van der Waals surface area contributed by atoms with Crippen LogP contribution >= 0.6 is 0 Å². The lowest BCUT2D eigenvalue weighted by Gasteiger charge is -2.40. The smallest absolute Gasteiger partial charge is 0.378 e. The van der Waals surface area contributed by atoms with Crippen LogP contribution in [0, 0.1) is 11.6 Å². The van der Waals surface area contributed by atoms with Crippen molar-refractivity contribution in [3.63, 3.8) is 0 Å². The zero-order valence-corrected chi connectivity index (χ0v) is 24.3. The molecule has 1 aliphatic heterocycles. The molecule has 0 bridgehead atoms.